The molecule has 1 N–H and O–H groups in total. The van der Waals surface area contributed by atoms with Crippen LogP contribution in [0.2, 0.25) is 0 Å². The fraction of sp³-hybridized carbons (Fsp3) is 0.529. The van der Waals surface area contributed by atoms with Gasteiger partial charge in [-0.3, -0.25) is 0 Å². The molecule has 1 saturated carbocycles. The van der Waals surface area contributed by atoms with Crippen LogP contribution >= 0.6 is 0 Å². The molecule has 1 aromatic heterocycles. The third-order valence-corrected chi connectivity index (χ3v) is 4.66. The van der Waals surface area contributed by atoms with Crippen LogP contribution in [-0.4, -0.2) is 20.8 Å². The number of nitrogens with zero attached hydrogens (tertiary/aromatic N) is 3. The fourth-order valence-electron chi connectivity index (χ4n) is 3.21. The van der Waals surface area contributed by atoms with E-state index in [-0.39, 0.29) is 0 Å². The average Bonchev–Trinajstić information content (AvgIpc) is 2.90. The average molecular weight is 284 g/mol. The zero-order chi connectivity index (χ0) is 14.8. The number of aromatic nitrogens is 3. The summed E-state index contributed by atoms with van der Waals surface area (Å²) < 4.78 is 1.94. The summed E-state index contributed by atoms with van der Waals surface area (Å²) in [5, 5.41) is 11.8. The number of benzene rings is 1. The Balaban J connectivity index is 1.71. The first kappa shape index (κ1) is 14.1. The molecule has 0 radical (unpaired) electrons. The minimum absolute atomic E-state index is 0.592. The number of aryl methyl sites for hydroxylation is 1. The molecule has 1 fully saturated rings. The zero-order valence-electron chi connectivity index (χ0n) is 13.1. The number of hydrogen-bond acceptors (Lipinski definition) is 3. The van der Waals surface area contributed by atoms with Gasteiger partial charge in [0.05, 0.1) is 0 Å². The largest absolute Gasteiger partial charge is 0.382 e. The molecule has 0 amide bonds. The first-order chi connectivity index (χ1) is 10.1. The van der Waals surface area contributed by atoms with Crippen LogP contribution in [-0.2, 0) is 7.05 Å². The van der Waals surface area contributed by atoms with Crippen molar-refractivity contribution in [1.82, 2.24) is 14.8 Å². The monoisotopic (exact) mass is 284 g/mol. The molecule has 4 heteroatoms. The summed E-state index contributed by atoms with van der Waals surface area (Å²) in [5.74, 6) is 2.48. The fourth-order valence-corrected chi connectivity index (χ4v) is 3.21. The maximum atomic E-state index is 4.15. The summed E-state index contributed by atoms with van der Waals surface area (Å²) in [6.07, 6.45) is 5.69. The molecule has 2 aromatic rings. The van der Waals surface area contributed by atoms with Crippen LogP contribution in [0.4, 0.5) is 5.69 Å². The van der Waals surface area contributed by atoms with E-state index in [1.165, 1.54) is 24.9 Å². The lowest BCUT2D eigenvalue weighted by Gasteiger charge is -2.34. The second-order valence-corrected chi connectivity index (χ2v) is 6.49. The predicted molar refractivity (Wildman–Crippen MR) is 86.0 cm³/mol. The summed E-state index contributed by atoms with van der Waals surface area (Å²) >= 11 is 0. The Morgan fingerprint density at radius 1 is 1.14 bits per heavy atom. The van der Waals surface area contributed by atoms with Crippen molar-refractivity contribution in [3.8, 4) is 11.4 Å². The van der Waals surface area contributed by atoms with Gasteiger partial charge in [0.15, 0.2) is 5.82 Å². The predicted octanol–water partition coefficient (Wildman–Crippen LogP) is 3.72. The molecule has 0 aliphatic heterocycles. The smallest absolute Gasteiger partial charge is 0.163 e. The van der Waals surface area contributed by atoms with E-state index in [9.17, 15) is 0 Å². The third-order valence-electron chi connectivity index (χ3n) is 4.66. The van der Waals surface area contributed by atoms with E-state index >= 15 is 0 Å². The van der Waals surface area contributed by atoms with E-state index in [1.807, 2.05) is 11.6 Å². The Morgan fingerprint density at radius 2 is 1.90 bits per heavy atom. The summed E-state index contributed by atoms with van der Waals surface area (Å²) in [4.78, 5) is 0. The lowest BCUT2D eigenvalue weighted by Crippen LogP contribution is -2.33. The van der Waals surface area contributed by atoms with Gasteiger partial charge < -0.3 is 9.88 Å². The van der Waals surface area contributed by atoms with E-state index in [2.05, 4.69) is 53.6 Å². The van der Waals surface area contributed by atoms with Gasteiger partial charge in [0.25, 0.3) is 0 Å². The van der Waals surface area contributed by atoms with Gasteiger partial charge in [0.2, 0.25) is 0 Å². The molecule has 3 unspecified atom stereocenters. The topological polar surface area (TPSA) is 42.7 Å². The minimum atomic E-state index is 0.592. The number of nitrogens with one attached hydrogen (secondary N) is 1. The second-order valence-electron chi connectivity index (χ2n) is 6.49. The molecular formula is C17H24N4. The Morgan fingerprint density at radius 3 is 2.57 bits per heavy atom. The van der Waals surface area contributed by atoms with Crippen LogP contribution in [0.25, 0.3) is 11.4 Å². The van der Waals surface area contributed by atoms with Gasteiger partial charge in [-0.2, -0.15) is 0 Å². The van der Waals surface area contributed by atoms with Crippen molar-refractivity contribution in [1.29, 1.82) is 0 Å². The van der Waals surface area contributed by atoms with Gasteiger partial charge >= 0.3 is 0 Å². The first-order valence-electron chi connectivity index (χ1n) is 7.84. The Bertz CT molecular complexity index is 587. The molecule has 1 aromatic carbocycles. The van der Waals surface area contributed by atoms with Crippen molar-refractivity contribution in [3.05, 3.63) is 30.6 Å². The number of anilines is 1. The Hall–Kier alpha value is -1.84. The van der Waals surface area contributed by atoms with Gasteiger partial charge in [-0.05, 0) is 48.9 Å². The first-order valence-corrected chi connectivity index (χ1v) is 7.84. The summed E-state index contributed by atoms with van der Waals surface area (Å²) in [7, 11) is 1.96. The highest BCUT2D eigenvalue weighted by Gasteiger charge is 2.25. The highest BCUT2D eigenvalue weighted by Crippen LogP contribution is 2.31. The maximum absolute atomic E-state index is 4.15. The number of hydrogen-bond donors (Lipinski definition) is 1. The van der Waals surface area contributed by atoms with Gasteiger partial charge in [-0.1, -0.05) is 20.3 Å². The van der Waals surface area contributed by atoms with E-state index in [0.29, 0.717) is 6.04 Å². The van der Waals surface area contributed by atoms with Crippen molar-refractivity contribution in [2.75, 3.05) is 5.32 Å². The quantitative estimate of drug-likeness (QED) is 0.934. The molecule has 1 heterocycles. The van der Waals surface area contributed by atoms with Crippen LogP contribution in [0.5, 0.6) is 0 Å². The Labute approximate surface area is 126 Å². The van der Waals surface area contributed by atoms with Gasteiger partial charge in [0, 0.05) is 24.3 Å². The molecule has 3 rings (SSSR count). The maximum Gasteiger partial charge on any atom is 0.163 e. The van der Waals surface area contributed by atoms with E-state index in [1.54, 1.807) is 6.33 Å². The molecule has 112 valence electrons. The van der Waals surface area contributed by atoms with Crippen LogP contribution < -0.4 is 5.32 Å². The molecule has 21 heavy (non-hydrogen) atoms. The SMILES string of the molecule is CC1CCC(C)C(Nc2ccc(-c3nncn3C)cc2)C1. The molecule has 1 aliphatic carbocycles. The lowest BCUT2D eigenvalue weighted by molar-refractivity contribution is 0.281. The van der Waals surface area contributed by atoms with Crippen molar-refractivity contribution < 1.29 is 0 Å². The molecule has 0 bridgehead atoms. The lowest BCUT2D eigenvalue weighted by atomic mass is 9.80. The highest BCUT2D eigenvalue weighted by atomic mass is 15.2. The van der Waals surface area contributed by atoms with Crippen molar-refractivity contribution in [2.24, 2.45) is 18.9 Å². The van der Waals surface area contributed by atoms with E-state index < -0.39 is 0 Å². The van der Waals surface area contributed by atoms with Crippen molar-refractivity contribution in [2.45, 2.75) is 39.2 Å². The molecular weight excluding hydrogens is 260 g/mol. The van der Waals surface area contributed by atoms with Crippen LogP contribution in [0.1, 0.15) is 33.1 Å². The molecule has 0 spiro atoms. The van der Waals surface area contributed by atoms with Gasteiger partial charge in [0.1, 0.15) is 6.33 Å². The summed E-state index contributed by atoms with van der Waals surface area (Å²) in [5.41, 5.74) is 2.30. The molecule has 3 atom stereocenters. The zero-order valence-corrected chi connectivity index (χ0v) is 13.1. The van der Waals surface area contributed by atoms with E-state index in [0.717, 1.165) is 23.2 Å². The standard InChI is InChI=1S/C17H24N4/c1-12-4-5-13(2)16(10-12)19-15-8-6-14(7-9-15)17-20-18-11-21(17)3/h6-9,11-13,16,19H,4-5,10H2,1-3H3. The van der Waals surface area contributed by atoms with Crippen LogP contribution in [0.15, 0.2) is 30.6 Å². The second kappa shape index (κ2) is 5.88. The molecule has 0 saturated heterocycles. The van der Waals surface area contributed by atoms with Crippen molar-refractivity contribution >= 4 is 5.69 Å². The normalized spacial score (nSPS) is 25.8. The van der Waals surface area contributed by atoms with Crippen LogP contribution in [0, 0.1) is 11.8 Å². The van der Waals surface area contributed by atoms with Crippen LogP contribution in [0.3, 0.4) is 0 Å². The van der Waals surface area contributed by atoms with E-state index in [4.69, 9.17) is 0 Å². The summed E-state index contributed by atoms with van der Waals surface area (Å²) in [6, 6.07) is 9.12. The summed E-state index contributed by atoms with van der Waals surface area (Å²) in [6.45, 7) is 4.72. The molecule has 4 nitrogen and oxygen atoms in total. The van der Waals surface area contributed by atoms with Crippen molar-refractivity contribution in [3.63, 3.8) is 0 Å². The van der Waals surface area contributed by atoms with Gasteiger partial charge in [-0.15, -0.1) is 10.2 Å². The third kappa shape index (κ3) is 3.09. The Kier molecular flexibility index (Phi) is 3.95. The molecule has 1 aliphatic rings. The number of rotatable bonds is 3. The highest BCUT2D eigenvalue weighted by molar-refractivity contribution is 5.60. The van der Waals surface area contributed by atoms with Gasteiger partial charge in [-0.25, -0.2) is 0 Å². The minimum Gasteiger partial charge on any atom is -0.382 e.